The highest BCUT2D eigenvalue weighted by Gasteiger charge is 2.41. The fraction of sp³-hybridized carbons (Fsp3) is 0.350. The highest BCUT2D eigenvalue weighted by Crippen LogP contribution is 2.40. The zero-order chi connectivity index (χ0) is 17.3. The van der Waals surface area contributed by atoms with Crippen molar-refractivity contribution in [2.24, 2.45) is 5.41 Å². The number of rotatable bonds is 3. The molecule has 0 saturated carbocycles. The lowest BCUT2D eigenvalue weighted by molar-refractivity contribution is -0.131. The second kappa shape index (κ2) is 6.60. The van der Waals surface area contributed by atoms with Gasteiger partial charge in [-0.2, -0.15) is 0 Å². The van der Waals surface area contributed by atoms with Gasteiger partial charge in [-0.05, 0) is 30.2 Å². The zero-order valence-corrected chi connectivity index (χ0v) is 15.8. The second-order valence-electron chi connectivity index (χ2n) is 7.20. The number of carbonyl (C=O) groups is 1. The van der Waals surface area contributed by atoms with E-state index in [0.717, 1.165) is 22.3 Å². The Bertz CT molecular complexity index is 737. The first-order valence-electron chi connectivity index (χ1n) is 8.18. The van der Waals surface area contributed by atoms with Crippen LogP contribution in [0.2, 0.25) is 0 Å². The minimum Gasteiger partial charge on any atom is -0.478 e. The third-order valence-corrected chi connectivity index (χ3v) is 4.69. The molecule has 0 bridgehead atoms. The average Bonchev–Trinajstić information content (AvgIpc) is 2.53. The summed E-state index contributed by atoms with van der Waals surface area (Å²) >= 11 is 3.49. The smallest absolute Gasteiger partial charge is 0.268 e. The van der Waals surface area contributed by atoms with Crippen LogP contribution < -0.4 is 9.64 Å². The Morgan fingerprint density at radius 2 is 1.83 bits per heavy atom. The first-order chi connectivity index (χ1) is 11.4. The van der Waals surface area contributed by atoms with E-state index in [4.69, 9.17) is 4.74 Å². The average molecular weight is 388 g/mol. The first-order valence-corrected chi connectivity index (χ1v) is 8.97. The first kappa shape index (κ1) is 17.0. The van der Waals surface area contributed by atoms with E-state index in [0.29, 0.717) is 6.54 Å². The van der Waals surface area contributed by atoms with Crippen molar-refractivity contribution in [1.82, 2.24) is 0 Å². The van der Waals surface area contributed by atoms with Gasteiger partial charge in [-0.1, -0.05) is 67.0 Å². The molecule has 3 rings (SSSR count). The molecular weight excluding hydrogens is 366 g/mol. The molecule has 1 heterocycles. The van der Waals surface area contributed by atoms with Crippen molar-refractivity contribution in [3.63, 3.8) is 0 Å². The van der Waals surface area contributed by atoms with Gasteiger partial charge in [0.05, 0.1) is 5.69 Å². The summed E-state index contributed by atoms with van der Waals surface area (Å²) in [5.41, 5.74) is 1.81. The standard InChI is InChI=1S/C20H22BrNO2/c1-20(2,3)18-19(23)22(12-11-14-7-5-4-6-8-14)16-10-9-15(21)13-17(16)24-18/h4-10,13,18H,11-12H2,1-3H3/t18-/m0/s1. The molecule has 126 valence electrons. The maximum absolute atomic E-state index is 13.0. The van der Waals surface area contributed by atoms with Crippen molar-refractivity contribution < 1.29 is 9.53 Å². The predicted octanol–water partition coefficient (Wildman–Crippen LogP) is 4.83. The molecule has 1 aliphatic heterocycles. The van der Waals surface area contributed by atoms with Crippen molar-refractivity contribution in [2.75, 3.05) is 11.4 Å². The maximum Gasteiger partial charge on any atom is 0.268 e. The topological polar surface area (TPSA) is 29.5 Å². The van der Waals surface area contributed by atoms with E-state index >= 15 is 0 Å². The van der Waals surface area contributed by atoms with Gasteiger partial charge in [0.2, 0.25) is 0 Å². The number of benzene rings is 2. The van der Waals surface area contributed by atoms with E-state index in [1.165, 1.54) is 5.56 Å². The van der Waals surface area contributed by atoms with Crippen LogP contribution in [0.5, 0.6) is 5.75 Å². The molecule has 2 aromatic carbocycles. The number of fused-ring (bicyclic) bond motifs is 1. The molecule has 0 radical (unpaired) electrons. The number of hydrogen-bond acceptors (Lipinski definition) is 2. The number of ether oxygens (including phenoxy) is 1. The third kappa shape index (κ3) is 3.48. The van der Waals surface area contributed by atoms with Gasteiger partial charge in [-0.15, -0.1) is 0 Å². The molecule has 24 heavy (non-hydrogen) atoms. The lowest BCUT2D eigenvalue weighted by Crippen LogP contribution is -2.52. The Morgan fingerprint density at radius 1 is 1.12 bits per heavy atom. The Kier molecular flexibility index (Phi) is 4.68. The number of carbonyl (C=O) groups excluding carboxylic acids is 1. The number of anilines is 1. The summed E-state index contributed by atoms with van der Waals surface area (Å²) in [5, 5.41) is 0. The van der Waals surface area contributed by atoms with Gasteiger partial charge < -0.3 is 9.64 Å². The molecule has 0 N–H and O–H groups in total. The van der Waals surface area contributed by atoms with Crippen LogP contribution in [0.4, 0.5) is 5.69 Å². The molecule has 4 heteroatoms. The van der Waals surface area contributed by atoms with Gasteiger partial charge in [0.25, 0.3) is 5.91 Å². The van der Waals surface area contributed by atoms with Crippen LogP contribution in [0.15, 0.2) is 53.0 Å². The minimum absolute atomic E-state index is 0.0354. The summed E-state index contributed by atoms with van der Waals surface area (Å²) in [6, 6.07) is 16.1. The van der Waals surface area contributed by atoms with Crippen molar-refractivity contribution in [1.29, 1.82) is 0 Å². The molecule has 3 nitrogen and oxygen atoms in total. The van der Waals surface area contributed by atoms with E-state index in [2.05, 4.69) is 28.1 Å². The summed E-state index contributed by atoms with van der Waals surface area (Å²) in [7, 11) is 0. The quantitative estimate of drug-likeness (QED) is 0.754. The Balaban J connectivity index is 1.92. The molecule has 0 fully saturated rings. The Hall–Kier alpha value is -1.81. The van der Waals surface area contributed by atoms with Crippen LogP contribution in [0, 0.1) is 5.41 Å². The van der Waals surface area contributed by atoms with Crippen molar-refractivity contribution in [3.8, 4) is 5.75 Å². The fourth-order valence-corrected chi connectivity index (χ4v) is 3.25. The largest absolute Gasteiger partial charge is 0.478 e. The molecule has 0 aliphatic carbocycles. The minimum atomic E-state index is -0.477. The number of halogens is 1. The van der Waals surface area contributed by atoms with Gasteiger partial charge in [0.15, 0.2) is 6.10 Å². The van der Waals surface area contributed by atoms with Gasteiger partial charge >= 0.3 is 0 Å². The van der Waals surface area contributed by atoms with Crippen LogP contribution in [0.1, 0.15) is 26.3 Å². The maximum atomic E-state index is 13.0. The van der Waals surface area contributed by atoms with Crippen LogP contribution in [-0.4, -0.2) is 18.6 Å². The highest BCUT2D eigenvalue weighted by molar-refractivity contribution is 9.10. The Labute approximate surface area is 151 Å². The van der Waals surface area contributed by atoms with Gasteiger partial charge in [0, 0.05) is 16.4 Å². The van der Waals surface area contributed by atoms with Crippen molar-refractivity contribution >= 4 is 27.5 Å². The molecular formula is C20H22BrNO2. The highest BCUT2D eigenvalue weighted by atomic mass is 79.9. The van der Waals surface area contributed by atoms with Crippen LogP contribution in [0.25, 0.3) is 0 Å². The molecule has 0 unspecified atom stereocenters. The third-order valence-electron chi connectivity index (χ3n) is 4.20. The molecule has 1 amide bonds. The lowest BCUT2D eigenvalue weighted by Gasteiger charge is -2.39. The number of hydrogen-bond donors (Lipinski definition) is 0. The summed E-state index contributed by atoms with van der Waals surface area (Å²) in [4.78, 5) is 14.9. The van der Waals surface area contributed by atoms with E-state index in [-0.39, 0.29) is 11.3 Å². The molecule has 2 aromatic rings. The fourth-order valence-electron chi connectivity index (χ4n) is 2.91. The lowest BCUT2D eigenvalue weighted by atomic mass is 9.87. The van der Waals surface area contributed by atoms with Gasteiger partial charge in [-0.3, -0.25) is 4.79 Å². The number of nitrogens with zero attached hydrogens (tertiary/aromatic N) is 1. The normalized spacial score (nSPS) is 17.4. The van der Waals surface area contributed by atoms with E-state index in [1.54, 1.807) is 0 Å². The predicted molar refractivity (Wildman–Crippen MR) is 101 cm³/mol. The summed E-state index contributed by atoms with van der Waals surface area (Å²) < 4.78 is 7.00. The molecule has 1 atom stereocenters. The summed E-state index contributed by atoms with van der Waals surface area (Å²) in [5.74, 6) is 0.796. The molecule has 0 spiro atoms. The van der Waals surface area contributed by atoms with Crippen LogP contribution >= 0.6 is 15.9 Å². The van der Waals surface area contributed by atoms with Gasteiger partial charge in [0.1, 0.15) is 5.75 Å². The van der Waals surface area contributed by atoms with Crippen molar-refractivity contribution in [2.45, 2.75) is 33.3 Å². The zero-order valence-electron chi connectivity index (χ0n) is 14.3. The summed E-state index contributed by atoms with van der Waals surface area (Å²) in [6.07, 6.45) is 0.342. The molecule has 0 aromatic heterocycles. The van der Waals surface area contributed by atoms with E-state index in [1.807, 2.05) is 62.1 Å². The second-order valence-corrected chi connectivity index (χ2v) is 8.12. The van der Waals surface area contributed by atoms with E-state index in [9.17, 15) is 4.79 Å². The number of amides is 1. The Morgan fingerprint density at radius 3 is 2.50 bits per heavy atom. The molecule has 0 saturated heterocycles. The van der Waals surface area contributed by atoms with Crippen molar-refractivity contribution in [3.05, 3.63) is 58.6 Å². The molecule has 1 aliphatic rings. The SMILES string of the molecule is CC(C)(C)[C@H]1Oc2cc(Br)ccc2N(CCc2ccccc2)C1=O. The van der Waals surface area contributed by atoms with Crippen LogP contribution in [-0.2, 0) is 11.2 Å². The monoisotopic (exact) mass is 387 g/mol. The van der Waals surface area contributed by atoms with Gasteiger partial charge in [-0.25, -0.2) is 0 Å². The van der Waals surface area contributed by atoms with E-state index < -0.39 is 6.10 Å². The summed E-state index contributed by atoms with van der Waals surface area (Å²) in [6.45, 7) is 6.75. The van der Waals surface area contributed by atoms with Crippen LogP contribution in [0.3, 0.4) is 0 Å².